The van der Waals surface area contributed by atoms with Crippen LogP contribution in [0.15, 0.2) is 47.1 Å². The summed E-state index contributed by atoms with van der Waals surface area (Å²) >= 11 is 5.94. The van der Waals surface area contributed by atoms with Gasteiger partial charge < -0.3 is 14.5 Å². The van der Waals surface area contributed by atoms with Crippen molar-refractivity contribution in [2.75, 3.05) is 19.6 Å². The number of amides is 1. The minimum atomic E-state index is -0.603. The largest absolute Gasteiger partial charge is 0.481 e. The minimum Gasteiger partial charge on any atom is -0.481 e. The maximum atomic E-state index is 12.4. The van der Waals surface area contributed by atoms with Crippen molar-refractivity contribution in [1.82, 2.24) is 10.2 Å². The summed E-state index contributed by atoms with van der Waals surface area (Å²) in [6.07, 6.45) is 3.43. The number of carbonyl (C=O) groups is 1. The van der Waals surface area contributed by atoms with Gasteiger partial charge in [0.1, 0.15) is 11.5 Å². The monoisotopic (exact) mass is 362 g/mol. The Kier molecular flexibility index (Phi) is 6.00. The topological polar surface area (TPSA) is 54.7 Å². The zero-order chi connectivity index (χ0) is 17.6. The number of carbonyl (C=O) groups excluding carboxylic acids is 1. The van der Waals surface area contributed by atoms with Crippen LogP contribution in [0.4, 0.5) is 0 Å². The lowest BCUT2D eigenvalue weighted by Gasteiger charge is -2.26. The van der Waals surface area contributed by atoms with Crippen LogP contribution in [0.25, 0.3) is 0 Å². The number of nitrogens with zero attached hydrogens (tertiary/aromatic N) is 1. The summed E-state index contributed by atoms with van der Waals surface area (Å²) in [5, 5.41) is 3.56. The van der Waals surface area contributed by atoms with Gasteiger partial charge in [-0.1, -0.05) is 17.7 Å². The van der Waals surface area contributed by atoms with Crippen LogP contribution >= 0.6 is 11.6 Å². The van der Waals surface area contributed by atoms with Crippen LogP contribution in [0.3, 0.4) is 0 Å². The van der Waals surface area contributed by atoms with Crippen molar-refractivity contribution in [2.45, 2.75) is 31.9 Å². The molecule has 1 fully saturated rings. The second-order valence-corrected chi connectivity index (χ2v) is 6.67. The summed E-state index contributed by atoms with van der Waals surface area (Å²) in [5.41, 5.74) is 0. The SMILES string of the molecule is CC(Oc1cccc(Cl)c1)C(=O)NCC(c1ccco1)N1CCCC1. The van der Waals surface area contributed by atoms with Crippen LogP contribution < -0.4 is 10.1 Å². The number of likely N-dealkylation sites (tertiary alicyclic amines) is 1. The van der Waals surface area contributed by atoms with Gasteiger partial charge in [0, 0.05) is 11.6 Å². The smallest absolute Gasteiger partial charge is 0.260 e. The Morgan fingerprint density at radius 2 is 2.12 bits per heavy atom. The molecule has 0 bridgehead atoms. The van der Waals surface area contributed by atoms with Crippen molar-refractivity contribution in [3.8, 4) is 5.75 Å². The van der Waals surface area contributed by atoms with E-state index in [1.165, 1.54) is 12.8 Å². The molecule has 3 rings (SSSR count). The summed E-state index contributed by atoms with van der Waals surface area (Å²) in [6.45, 7) is 4.27. The number of ether oxygens (including phenoxy) is 1. The average Bonchev–Trinajstić information content (AvgIpc) is 3.29. The highest BCUT2D eigenvalue weighted by Gasteiger charge is 2.26. The molecule has 0 saturated carbocycles. The van der Waals surface area contributed by atoms with E-state index in [4.69, 9.17) is 20.8 Å². The van der Waals surface area contributed by atoms with Crippen LogP contribution in [0.1, 0.15) is 31.6 Å². The Balaban J connectivity index is 1.57. The quantitative estimate of drug-likeness (QED) is 0.816. The van der Waals surface area contributed by atoms with E-state index in [2.05, 4.69) is 10.2 Å². The lowest BCUT2D eigenvalue weighted by atomic mass is 10.2. The predicted molar refractivity (Wildman–Crippen MR) is 96.8 cm³/mol. The molecule has 134 valence electrons. The number of hydrogen-bond acceptors (Lipinski definition) is 4. The van der Waals surface area contributed by atoms with Crippen molar-refractivity contribution in [2.24, 2.45) is 0 Å². The molecule has 2 unspecified atom stereocenters. The van der Waals surface area contributed by atoms with Gasteiger partial charge in [-0.05, 0) is 63.2 Å². The lowest BCUT2D eigenvalue weighted by molar-refractivity contribution is -0.127. The van der Waals surface area contributed by atoms with Crippen molar-refractivity contribution in [3.05, 3.63) is 53.4 Å². The number of furan rings is 1. The molecule has 1 amide bonds. The van der Waals surface area contributed by atoms with Crippen molar-refractivity contribution in [3.63, 3.8) is 0 Å². The Labute approximate surface area is 152 Å². The zero-order valence-electron chi connectivity index (χ0n) is 14.3. The van der Waals surface area contributed by atoms with Crippen LogP contribution in [-0.2, 0) is 4.79 Å². The molecule has 1 aromatic carbocycles. The maximum absolute atomic E-state index is 12.4. The van der Waals surface area contributed by atoms with Gasteiger partial charge in [-0.2, -0.15) is 0 Å². The molecule has 5 nitrogen and oxygen atoms in total. The zero-order valence-corrected chi connectivity index (χ0v) is 15.0. The summed E-state index contributed by atoms with van der Waals surface area (Å²) in [7, 11) is 0. The highest BCUT2D eigenvalue weighted by atomic mass is 35.5. The molecular weight excluding hydrogens is 340 g/mol. The number of rotatable bonds is 7. The molecule has 2 heterocycles. The molecule has 6 heteroatoms. The number of halogens is 1. The highest BCUT2D eigenvalue weighted by Crippen LogP contribution is 2.25. The van der Waals surface area contributed by atoms with E-state index in [0.29, 0.717) is 17.3 Å². The molecule has 2 atom stereocenters. The van der Waals surface area contributed by atoms with E-state index >= 15 is 0 Å². The summed E-state index contributed by atoms with van der Waals surface area (Å²) in [4.78, 5) is 14.8. The molecule has 2 aromatic rings. The third kappa shape index (κ3) is 4.77. The Hall–Kier alpha value is -1.98. The minimum absolute atomic E-state index is 0.0554. The van der Waals surface area contributed by atoms with Crippen molar-refractivity contribution < 1.29 is 13.9 Å². The fourth-order valence-corrected chi connectivity index (χ4v) is 3.26. The molecule has 25 heavy (non-hydrogen) atoms. The van der Waals surface area contributed by atoms with Gasteiger partial charge in [-0.15, -0.1) is 0 Å². The lowest BCUT2D eigenvalue weighted by Crippen LogP contribution is -2.41. The average molecular weight is 363 g/mol. The van der Waals surface area contributed by atoms with Crippen LogP contribution in [-0.4, -0.2) is 36.5 Å². The second-order valence-electron chi connectivity index (χ2n) is 6.24. The molecule has 1 aromatic heterocycles. The van der Waals surface area contributed by atoms with Gasteiger partial charge in [0.05, 0.1) is 12.3 Å². The number of hydrogen-bond donors (Lipinski definition) is 1. The van der Waals surface area contributed by atoms with Gasteiger partial charge in [-0.3, -0.25) is 9.69 Å². The Bertz CT molecular complexity index is 684. The van der Waals surface area contributed by atoms with E-state index in [1.54, 1.807) is 37.5 Å². The number of nitrogens with one attached hydrogen (secondary N) is 1. The Morgan fingerprint density at radius 1 is 1.32 bits per heavy atom. The first-order chi connectivity index (χ1) is 12.1. The fourth-order valence-electron chi connectivity index (χ4n) is 3.08. The predicted octanol–water partition coefficient (Wildman–Crippen LogP) is 3.65. The first kappa shape index (κ1) is 17.8. The molecule has 1 aliphatic heterocycles. The van der Waals surface area contributed by atoms with Crippen LogP contribution in [0.5, 0.6) is 5.75 Å². The second kappa shape index (κ2) is 8.41. The fraction of sp³-hybridized carbons (Fsp3) is 0.421. The van der Waals surface area contributed by atoms with E-state index in [-0.39, 0.29) is 11.9 Å². The van der Waals surface area contributed by atoms with Crippen molar-refractivity contribution in [1.29, 1.82) is 0 Å². The van der Waals surface area contributed by atoms with Gasteiger partial charge in [0.15, 0.2) is 6.10 Å². The highest BCUT2D eigenvalue weighted by molar-refractivity contribution is 6.30. The normalized spacial score (nSPS) is 17.2. The molecular formula is C19H23ClN2O3. The van der Waals surface area contributed by atoms with E-state index < -0.39 is 6.10 Å². The molecule has 0 spiro atoms. The number of benzene rings is 1. The first-order valence-corrected chi connectivity index (χ1v) is 8.98. The maximum Gasteiger partial charge on any atom is 0.260 e. The molecule has 1 saturated heterocycles. The molecule has 1 N–H and O–H groups in total. The summed E-state index contributed by atoms with van der Waals surface area (Å²) in [5.74, 6) is 1.30. The van der Waals surface area contributed by atoms with E-state index in [9.17, 15) is 4.79 Å². The standard InChI is InChI=1S/C19H23ClN2O3/c1-14(25-16-7-4-6-15(20)12-16)19(23)21-13-17(18-8-5-11-24-18)22-9-2-3-10-22/h4-8,11-12,14,17H,2-3,9-10,13H2,1H3,(H,21,23). The van der Waals surface area contributed by atoms with Gasteiger partial charge in [0.2, 0.25) is 0 Å². The summed E-state index contributed by atoms with van der Waals surface area (Å²) < 4.78 is 11.2. The van der Waals surface area contributed by atoms with Gasteiger partial charge >= 0.3 is 0 Å². The van der Waals surface area contributed by atoms with E-state index in [0.717, 1.165) is 18.8 Å². The third-order valence-corrected chi connectivity index (χ3v) is 4.64. The van der Waals surface area contributed by atoms with Crippen LogP contribution in [0.2, 0.25) is 5.02 Å². The third-order valence-electron chi connectivity index (χ3n) is 4.40. The van der Waals surface area contributed by atoms with Crippen LogP contribution in [0, 0.1) is 0 Å². The summed E-state index contributed by atoms with van der Waals surface area (Å²) in [6, 6.07) is 10.9. The molecule has 0 radical (unpaired) electrons. The van der Waals surface area contributed by atoms with E-state index in [1.807, 2.05) is 12.1 Å². The Morgan fingerprint density at radius 3 is 2.80 bits per heavy atom. The molecule has 0 aliphatic carbocycles. The van der Waals surface area contributed by atoms with Gasteiger partial charge in [-0.25, -0.2) is 0 Å². The van der Waals surface area contributed by atoms with Gasteiger partial charge in [0.25, 0.3) is 5.91 Å². The molecule has 1 aliphatic rings. The van der Waals surface area contributed by atoms with Crippen molar-refractivity contribution >= 4 is 17.5 Å². The first-order valence-electron chi connectivity index (χ1n) is 8.61.